The molecule has 2 unspecified atom stereocenters. The van der Waals surface area contributed by atoms with E-state index in [2.05, 4.69) is 13.8 Å². The third kappa shape index (κ3) is 2.69. The molecule has 2 N–H and O–H groups in total. The van der Waals surface area contributed by atoms with E-state index in [0.717, 1.165) is 19.3 Å². The Morgan fingerprint density at radius 3 is 2.36 bits per heavy atom. The van der Waals surface area contributed by atoms with E-state index < -0.39 is 12.2 Å². The van der Waals surface area contributed by atoms with Crippen molar-refractivity contribution in [1.29, 1.82) is 0 Å². The van der Waals surface area contributed by atoms with Crippen molar-refractivity contribution in [2.24, 2.45) is 5.92 Å². The van der Waals surface area contributed by atoms with Crippen LogP contribution in [0.15, 0.2) is 0 Å². The van der Waals surface area contributed by atoms with Gasteiger partial charge in [-0.05, 0) is 19.3 Å². The number of hydrogen-bond donors (Lipinski definition) is 2. The molecule has 1 aliphatic rings. The lowest BCUT2D eigenvalue weighted by Crippen LogP contribution is -2.32. The number of aliphatic hydroxyl groups excluding tert-OH is 2. The van der Waals surface area contributed by atoms with Gasteiger partial charge in [0.25, 0.3) is 0 Å². The highest BCUT2D eigenvalue weighted by molar-refractivity contribution is 4.88. The first-order valence-electron chi connectivity index (χ1n) is 5.57. The van der Waals surface area contributed by atoms with Gasteiger partial charge in [-0.3, -0.25) is 0 Å². The zero-order chi connectivity index (χ0) is 10.7. The van der Waals surface area contributed by atoms with Crippen molar-refractivity contribution in [1.82, 2.24) is 0 Å². The molecule has 0 aromatic heterocycles. The van der Waals surface area contributed by atoms with Crippen molar-refractivity contribution in [3.05, 3.63) is 0 Å². The maximum Gasteiger partial charge on any atom is 0.109 e. The summed E-state index contributed by atoms with van der Waals surface area (Å²) in [7, 11) is 0. The van der Waals surface area contributed by atoms with Crippen molar-refractivity contribution >= 4 is 0 Å². The fraction of sp³-hybridized carbons (Fsp3) is 1.00. The maximum absolute atomic E-state index is 9.67. The van der Waals surface area contributed by atoms with Gasteiger partial charge in [0.1, 0.15) is 12.2 Å². The summed E-state index contributed by atoms with van der Waals surface area (Å²) < 4.78 is 5.50. The van der Waals surface area contributed by atoms with E-state index in [1.165, 1.54) is 0 Å². The molecule has 3 nitrogen and oxygen atoms in total. The second-order valence-electron chi connectivity index (χ2n) is 4.49. The third-order valence-corrected chi connectivity index (χ3v) is 3.02. The monoisotopic (exact) mass is 202 g/mol. The Morgan fingerprint density at radius 1 is 1.29 bits per heavy atom. The quantitative estimate of drug-likeness (QED) is 0.723. The number of rotatable bonds is 4. The zero-order valence-corrected chi connectivity index (χ0v) is 9.31. The van der Waals surface area contributed by atoms with Gasteiger partial charge >= 0.3 is 0 Å². The predicted octanol–water partition coefficient (Wildman–Crippen LogP) is 1.32. The van der Waals surface area contributed by atoms with Crippen molar-refractivity contribution in [3.63, 3.8) is 0 Å². The van der Waals surface area contributed by atoms with Crippen LogP contribution in [0.25, 0.3) is 0 Å². The summed E-state index contributed by atoms with van der Waals surface area (Å²) in [6.45, 7) is 6.12. The highest BCUT2D eigenvalue weighted by Crippen LogP contribution is 2.27. The second-order valence-corrected chi connectivity index (χ2v) is 4.49. The van der Waals surface area contributed by atoms with Crippen LogP contribution in [-0.4, -0.2) is 34.6 Å². The van der Waals surface area contributed by atoms with E-state index in [9.17, 15) is 10.2 Å². The average molecular weight is 202 g/mol. The summed E-state index contributed by atoms with van der Waals surface area (Å²) in [4.78, 5) is 0. The summed E-state index contributed by atoms with van der Waals surface area (Å²) >= 11 is 0. The molecule has 0 aromatic rings. The molecule has 0 aliphatic carbocycles. The van der Waals surface area contributed by atoms with E-state index >= 15 is 0 Å². The molecule has 84 valence electrons. The van der Waals surface area contributed by atoms with Crippen LogP contribution in [0, 0.1) is 5.92 Å². The molecule has 3 heteroatoms. The largest absolute Gasteiger partial charge is 0.388 e. The summed E-state index contributed by atoms with van der Waals surface area (Å²) in [6, 6.07) is 0. The molecule has 0 bridgehead atoms. The van der Waals surface area contributed by atoms with Crippen LogP contribution >= 0.6 is 0 Å². The second kappa shape index (κ2) is 5.10. The zero-order valence-electron chi connectivity index (χ0n) is 9.31. The summed E-state index contributed by atoms with van der Waals surface area (Å²) in [6.07, 6.45) is 1.32. The molecule has 0 amide bonds. The van der Waals surface area contributed by atoms with Crippen molar-refractivity contribution in [3.8, 4) is 0 Å². The highest BCUT2D eigenvalue weighted by atomic mass is 16.5. The van der Waals surface area contributed by atoms with Crippen molar-refractivity contribution < 1.29 is 14.9 Å². The van der Waals surface area contributed by atoms with Crippen LogP contribution < -0.4 is 0 Å². The summed E-state index contributed by atoms with van der Waals surface area (Å²) in [5, 5.41) is 19.2. The van der Waals surface area contributed by atoms with E-state index in [0.29, 0.717) is 5.92 Å². The van der Waals surface area contributed by atoms with Gasteiger partial charge in [-0.25, -0.2) is 0 Å². The molecule has 0 radical (unpaired) electrons. The standard InChI is InChI=1S/C11H22O3/c1-4-5-7(2)6-9-11(13)10(12)8(3)14-9/h7-13H,4-6H2,1-3H3/t7-,8?,9?,10+,11-/m1/s1. The summed E-state index contributed by atoms with van der Waals surface area (Å²) in [5.74, 6) is 0.553. The first-order chi connectivity index (χ1) is 6.56. The molecule has 1 saturated heterocycles. The topological polar surface area (TPSA) is 49.7 Å². The van der Waals surface area contributed by atoms with Crippen LogP contribution in [0.3, 0.4) is 0 Å². The first-order valence-corrected chi connectivity index (χ1v) is 5.57. The van der Waals surface area contributed by atoms with Gasteiger partial charge in [-0.2, -0.15) is 0 Å². The predicted molar refractivity (Wildman–Crippen MR) is 55.0 cm³/mol. The van der Waals surface area contributed by atoms with Crippen LogP contribution in [0.5, 0.6) is 0 Å². The Morgan fingerprint density at radius 2 is 1.93 bits per heavy atom. The molecule has 0 aromatic carbocycles. The van der Waals surface area contributed by atoms with Gasteiger partial charge in [0.05, 0.1) is 12.2 Å². The molecule has 0 saturated carbocycles. The van der Waals surface area contributed by atoms with E-state index in [1.54, 1.807) is 6.92 Å². The molecule has 1 rings (SSSR count). The van der Waals surface area contributed by atoms with E-state index in [1.807, 2.05) is 0 Å². The highest BCUT2D eigenvalue weighted by Gasteiger charge is 2.40. The molecule has 14 heavy (non-hydrogen) atoms. The fourth-order valence-electron chi connectivity index (χ4n) is 2.14. The Balaban J connectivity index is 2.38. The number of hydrogen-bond acceptors (Lipinski definition) is 3. The van der Waals surface area contributed by atoms with Crippen molar-refractivity contribution in [2.75, 3.05) is 0 Å². The smallest absolute Gasteiger partial charge is 0.109 e. The van der Waals surface area contributed by atoms with Crippen LogP contribution in [-0.2, 0) is 4.74 Å². The van der Waals surface area contributed by atoms with Gasteiger partial charge in [0.15, 0.2) is 0 Å². The number of aliphatic hydroxyl groups is 2. The minimum atomic E-state index is -0.714. The van der Waals surface area contributed by atoms with Crippen molar-refractivity contribution in [2.45, 2.75) is 64.4 Å². The van der Waals surface area contributed by atoms with Gasteiger partial charge in [0.2, 0.25) is 0 Å². The lowest BCUT2D eigenvalue weighted by Gasteiger charge is -2.18. The van der Waals surface area contributed by atoms with Crippen LogP contribution in [0.2, 0.25) is 0 Å². The molecule has 1 heterocycles. The minimum Gasteiger partial charge on any atom is -0.388 e. The van der Waals surface area contributed by atoms with Crippen LogP contribution in [0.4, 0.5) is 0 Å². The maximum atomic E-state index is 9.67. The first kappa shape index (κ1) is 12.0. The average Bonchev–Trinajstić information content (AvgIpc) is 2.34. The summed E-state index contributed by atoms with van der Waals surface area (Å²) in [5.41, 5.74) is 0. The normalized spacial score (nSPS) is 40.1. The Hall–Kier alpha value is -0.120. The lowest BCUT2D eigenvalue weighted by atomic mass is 9.95. The van der Waals surface area contributed by atoms with E-state index in [-0.39, 0.29) is 12.2 Å². The molecular formula is C11H22O3. The Labute approximate surface area is 86.1 Å². The molecule has 0 spiro atoms. The molecule has 1 fully saturated rings. The van der Waals surface area contributed by atoms with Gasteiger partial charge < -0.3 is 14.9 Å². The minimum absolute atomic E-state index is 0.179. The Kier molecular flexibility index (Phi) is 4.35. The third-order valence-electron chi connectivity index (χ3n) is 3.02. The molecule has 1 aliphatic heterocycles. The fourth-order valence-corrected chi connectivity index (χ4v) is 2.14. The molecular weight excluding hydrogens is 180 g/mol. The van der Waals surface area contributed by atoms with Gasteiger partial charge in [0, 0.05) is 0 Å². The lowest BCUT2D eigenvalue weighted by molar-refractivity contribution is 0.00230. The number of ether oxygens (including phenoxy) is 1. The molecule has 5 atom stereocenters. The van der Waals surface area contributed by atoms with Gasteiger partial charge in [-0.1, -0.05) is 26.7 Å². The van der Waals surface area contributed by atoms with E-state index in [4.69, 9.17) is 4.74 Å². The van der Waals surface area contributed by atoms with Gasteiger partial charge in [-0.15, -0.1) is 0 Å². The van der Waals surface area contributed by atoms with Crippen LogP contribution in [0.1, 0.15) is 40.0 Å². The SMILES string of the molecule is CCC[C@@H](C)CC1OC(C)[C@H](O)[C@@H]1O. The Bertz CT molecular complexity index is 172.